The number of amides is 1. The van der Waals surface area contributed by atoms with Crippen molar-refractivity contribution in [1.82, 2.24) is 5.32 Å². The molecule has 1 amide bonds. The number of anilines is 1. The first-order valence-corrected chi connectivity index (χ1v) is 6.52. The summed E-state index contributed by atoms with van der Waals surface area (Å²) in [7, 11) is 0. The lowest BCUT2D eigenvalue weighted by molar-refractivity contribution is -0.127. The van der Waals surface area contributed by atoms with Gasteiger partial charge in [-0.1, -0.05) is 13.0 Å². The van der Waals surface area contributed by atoms with E-state index < -0.39 is 6.10 Å². The predicted molar refractivity (Wildman–Crippen MR) is 78.1 cm³/mol. The summed E-state index contributed by atoms with van der Waals surface area (Å²) in [5.74, 6) is 0.566. The third-order valence-corrected chi connectivity index (χ3v) is 2.67. The molecule has 3 N–H and O–H groups in total. The second-order valence-electron chi connectivity index (χ2n) is 4.41. The first kappa shape index (κ1) is 15.1. The predicted octanol–water partition coefficient (Wildman–Crippen LogP) is 2.29. The quantitative estimate of drug-likeness (QED) is 0.585. The van der Waals surface area contributed by atoms with Crippen LogP contribution < -0.4 is 15.8 Å². The summed E-state index contributed by atoms with van der Waals surface area (Å²) in [5, 5.41) is 2.81. The third kappa shape index (κ3) is 4.66. The molecule has 4 heteroatoms. The fourth-order valence-corrected chi connectivity index (χ4v) is 1.67. The number of benzene rings is 1. The highest BCUT2D eigenvalue weighted by Gasteiger charge is 2.15. The minimum Gasteiger partial charge on any atom is -0.481 e. The van der Waals surface area contributed by atoms with E-state index in [2.05, 4.69) is 11.9 Å². The number of nitrogens with one attached hydrogen (secondary N) is 1. The topological polar surface area (TPSA) is 64.3 Å². The number of nitrogens with two attached hydrogens (primary N) is 1. The maximum atomic E-state index is 11.8. The van der Waals surface area contributed by atoms with Gasteiger partial charge in [-0.15, -0.1) is 6.58 Å². The monoisotopic (exact) mass is 262 g/mol. The van der Waals surface area contributed by atoms with E-state index in [1.54, 1.807) is 25.1 Å². The van der Waals surface area contributed by atoms with Crippen molar-refractivity contribution in [3.05, 3.63) is 36.4 Å². The van der Waals surface area contributed by atoms with Crippen LogP contribution in [0.1, 0.15) is 25.8 Å². The van der Waals surface area contributed by atoms with Crippen molar-refractivity contribution in [3.8, 4) is 5.75 Å². The number of hydrogen-bond donors (Lipinski definition) is 2. The molecule has 0 aliphatic carbocycles. The van der Waals surface area contributed by atoms with Gasteiger partial charge >= 0.3 is 0 Å². The maximum Gasteiger partial charge on any atom is 0.260 e. The molecule has 0 saturated heterocycles. The molecule has 104 valence electrons. The molecular formula is C15H22N2O2. The second-order valence-corrected chi connectivity index (χ2v) is 4.41. The maximum absolute atomic E-state index is 11.8. The summed E-state index contributed by atoms with van der Waals surface area (Å²) in [5.41, 5.74) is 7.35. The molecule has 0 bridgehead atoms. The summed E-state index contributed by atoms with van der Waals surface area (Å²) in [6, 6.07) is 5.39. The second kappa shape index (κ2) is 7.46. The standard InChI is InChI=1S/C15H22N2O2/c1-4-6-12-10-13(16)7-8-14(12)19-11(3)15(18)17-9-5-2/h4,7-8,10-11H,1,5-6,9,16H2,2-3H3,(H,17,18). The van der Waals surface area contributed by atoms with Gasteiger partial charge in [0.1, 0.15) is 5.75 Å². The molecule has 0 aromatic heterocycles. The van der Waals surface area contributed by atoms with E-state index in [1.807, 2.05) is 13.0 Å². The number of ether oxygens (including phenoxy) is 1. The number of hydrogen-bond acceptors (Lipinski definition) is 3. The zero-order chi connectivity index (χ0) is 14.3. The average Bonchev–Trinajstić information content (AvgIpc) is 2.39. The fourth-order valence-electron chi connectivity index (χ4n) is 1.67. The van der Waals surface area contributed by atoms with Crippen molar-refractivity contribution in [3.63, 3.8) is 0 Å². The molecule has 1 rings (SSSR count). The Hall–Kier alpha value is -1.97. The van der Waals surface area contributed by atoms with Crippen molar-refractivity contribution in [2.75, 3.05) is 12.3 Å². The fraction of sp³-hybridized carbons (Fsp3) is 0.400. The van der Waals surface area contributed by atoms with Gasteiger partial charge in [-0.3, -0.25) is 4.79 Å². The van der Waals surface area contributed by atoms with Gasteiger partial charge < -0.3 is 15.8 Å². The Kier molecular flexibility index (Phi) is 5.93. The van der Waals surface area contributed by atoms with Crippen LogP contribution in [0.25, 0.3) is 0 Å². The van der Waals surface area contributed by atoms with Gasteiger partial charge in [-0.2, -0.15) is 0 Å². The minimum absolute atomic E-state index is 0.108. The zero-order valence-electron chi connectivity index (χ0n) is 11.6. The summed E-state index contributed by atoms with van der Waals surface area (Å²) < 4.78 is 5.70. The van der Waals surface area contributed by atoms with E-state index in [1.165, 1.54) is 0 Å². The molecular weight excluding hydrogens is 240 g/mol. The number of allylic oxidation sites excluding steroid dienone is 1. The van der Waals surface area contributed by atoms with Crippen molar-refractivity contribution in [1.29, 1.82) is 0 Å². The van der Waals surface area contributed by atoms with Crippen molar-refractivity contribution >= 4 is 11.6 Å². The highest BCUT2D eigenvalue weighted by Crippen LogP contribution is 2.23. The van der Waals surface area contributed by atoms with Crippen LogP contribution in [0.15, 0.2) is 30.9 Å². The van der Waals surface area contributed by atoms with Gasteiger partial charge in [0.15, 0.2) is 6.10 Å². The largest absolute Gasteiger partial charge is 0.481 e. The van der Waals surface area contributed by atoms with Crippen LogP contribution in [-0.2, 0) is 11.2 Å². The lowest BCUT2D eigenvalue weighted by atomic mass is 10.1. The Labute approximate surface area is 114 Å². The Morgan fingerprint density at radius 1 is 1.58 bits per heavy atom. The Morgan fingerprint density at radius 3 is 2.95 bits per heavy atom. The van der Waals surface area contributed by atoms with Gasteiger partial charge in [0.25, 0.3) is 5.91 Å². The molecule has 1 unspecified atom stereocenters. The number of carbonyl (C=O) groups excluding carboxylic acids is 1. The molecule has 1 atom stereocenters. The van der Waals surface area contributed by atoms with Crippen LogP contribution in [0.3, 0.4) is 0 Å². The normalized spacial score (nSPS) is 11.7. The van der Waals surface area contributed by atoms with E-state index in [0.717, 1.165) is 12.0 Å². The summed E-state index contributed by atoms with van der Waals surface area (Å²) in [6.45, 7) is 8.11. The van der Waals surface area contributed by atoms with Gasteiger partial charge in [-0.05, 0) is 43.5 Å². The molecule has 0 saturated carbocycles. The van der Waals surface area contributed by atoms with Crippen LogP contribution in [0.4, 0.5) is 5.69 Å². The van der Waals surface area contributed by atoms with E-state index in [9.17, 15) is 4.79 Å². The third-order valence-electron chi connectivity index (χ3n) is 2.67. The molecule has 0 fully saturated rings. The van der Waals surface area contributed by atoms with E-state index in [4.69, 9.17) is 10.5 Å². The molecule has 19 heavy (non-hydrogen) atoms. The first-order chi connectivity index (χ1) is 9.08. The number of rotatable bonds is 7. The van der Waals surface area contributed by atoms with Crippen LogP contribution >= 0.6 is 0 Å². The SMILES string of the molecule is C=CCc1cc(N)ccc1OC(C)C(=O)NCCC. The average molecular weight is 262 g/mol. The van der Waals surface area contributed by atoms with Crippen LogP contribution in [-0.4, -0.2) is 18.6 Å². The lowest BCUT2D eigenvalue weighted by Crippen LogP contribution is -2.36. The lowest BCUT2D eigenvalue weighted by Gasteiger charge is -2.17. The van der Waals surface area contributed by atoms with Gasteiger partial charge in [0.05, 0.1) is 0 Å². The Bertz CT molecular complexity index is 444. The summed E-state index contributed by atoms with van der Waals surface area (Å²) >= 11 is 0. The summed E-state index contributed by atoms with van der Waals surface area (Å²) in [4.78, 5) is 11.8. The first-order valence-electron chi connectivity index (χ1n) is 6.52. The molecule has 1 aromatic rings. The molecule has 1 aromatic carbocycles. The molecule has 0 aliphatic rings. The van der Waals surface area contributed by atoms with Gasteiger partial charge in [0.2, 0.25) is 0 Å². The molecule has 4 nitrogen and oxygen atoms in total. The molecule has 0 radical (unpaired) electrons. The molecule has 0 spiro atoms. The highest BCUT2D eigenvalue weighted by atomic mass is 16.5. The van der Waals surface area contributed by atoms with E-state index in [-0.39, 0.29) is 5.91 Å². The molecule has 0 heterocycles. The van der Waals surface area contributed by atoms with E-state index in [0.29, 0.717) is 24.4 Å². The van der Waals surface area contributed by atoms with Crippen LogP contribution in [0.5, 0.6) is 5.75 Å². The zero-order valence-corrected chi connectivity index (χ0v) is 11.6. The van der Waals surface area contributed by atoms with Gasteiger partial charge in [0, 0.05) is 12.2 Å². The van der Waals surface area contributed by atoms with Crippen molar-refractivity contribution in [2.24, 2.45) is 0 Å². The van der Waals surface area contributed by atoms with Crippen LogP contribution in [0, 0.1) is 0 Å². The number of nitrogen functional groups attached to an aromatic ring is 1. The Morgan fingerprint density at radius 2 is 2.32 bits per heavy atom. The molecule has 0 aliphatic heterocycles. The summed E-state index contributed by atoms with van der Waals surface area (Å²) in [6.07, 6.45) is 2.81. The van der Waals surface area contributed by atoms with Gasteiger partial charge in [-0.25, -0.2) is 0 Å². The van der Waals surface area contributed by atoms with Crippen molar-refractivity contribution in [2.45, 2.75) is 32.8 Å². The number of carbonyl (C=O) groups is 1. The van der Waals surface area contributed by atoms with Crippen LogP contribution in [0.2, 0.25) is 0 Å². The van der Waals surface area contributed by atoms with Crippen molar-refractivity contribution < 1.29 is 9.53 Å². The van der Waals surface area contributed by atoms with E-state index >= 15 is 0 Å². The highest BCUT2D eigenvalue weighted by molar-refractivity contribution is 5.80. The smallest absolute Gasteiger partial charge is 0.260 e. The minimum atomic E-state index is -0.529. The Balaban J connectivity index is 2.75.